The Morgan fingerprint density at radius 1 is 1.09 bits per heavy atom. The molecule has 1 aromatic heterocycles. The Morgan fingerprint density at radius 3 is 2.82 bits per heavy atom. The number of halogens is 1. The number of aromatic nitrogens is 1. The summed E-state index contributed by atoms with van der Waals surface area (Å²) in [5, 5.41) is 5.92. The van der Waals surface area contributed by atoms with Crippen LogP contribution in [0, 0.1) is 5.82 Å². The van der Waals surface area contributed by atoms with Crippen LogP contribution >= 0.6 is 11.8 Å². The average molecular weight is 469 g/mol. The lowest BCUT2D eigenvalue weighted by Gasteiger charge is -2.10. The van der Waals surface area contributed by atoms with Gasteiger partial charge in [0, 0.05) is 18.0 Å². The normalized spacial score (nSPS) is 11.7. The van der Waals surface area contributed by atoms with Crippen LogP contribution in [0.15, 0.2) is 65.8 Å². The lowest BCUT2D eigenvalue weighted by atomic mass is 10.2. The number of nitrogens with zero attached hydrogens (tertiary/aromatic N) is 1. The predicted octanol–water partition coefficient (Wildman–Crippen LogP) is 3.49. The second kappa shape index (κ2) is 10.7. The first-order valence-corrected chi connectivity index (χ1v) is 11.0. The van der Waals surface area contributed by atoms with E-state index in [1.807, 2.05) is 0 Å². The van der Waals surface area contributed by atoms with E-state index in [2.05, 4.69) is 15.6 Å². The van der Waals surface area contributed by atoms with Gasteiger partial charge in [0.05, 0.1) is 17.9 Å². The van der Waals surface area contributed by atoms with Crippen molar-refractivity contribution < 1.29 is 28.2 Å². The molecule has 0 radical (unpaired) electrons. The summed E-state index contributed by atoms with van der Waals surface area (Å²) in [6, 6.07) is 14.5. The molecule has 2 aromatic carbocycles. The number of amides is 2. The number of carbonyl (C=O) groups is 2. The number of hydrogen-bond acceptors (Lipinski definition) is 7. The first-order valence-electron chi connectivity index (χ1n) is 10.0. The Kier molecular flexibility index (Phi) is 7.26. The quantitative estimate of drug-likeness (QED) is 0.366. The number of thioether (sulfide) groups is 1. The maximum Gasteiger partial charge on any atom is 0.254 e. The molecular weight excluding hydrogens is 449 g/mol. The summed E-state index contributed by atoms with van der Waals surface area (Å²) >= 11 is 1.15. The van der Waals surface area contributed by atoms with Gasteiger partial charge in [0.25, 0.3) is 5.91 Å². The van der Waals surface area contributed by atoms with Crippen molar-refractivity contribution in [2.45, 2.75) is 5.03 Å². The molecule has 1 aliphatic rings. The number of nitrogens with one attached hydrogen (secondary N) is 2. The molecule has 0 fully saturated rings. The van der Waals surface area contributed by atoms with Crippen LogP contribution in [0.5, 0.6) is 17.2 Å². The SMILES string of the molecule is O=C(CSc1ncccc1C(=O)NCCOc1ccccc1F)Nc1ccc2c(c1)OCO2. The molecular formula is C23H20FN3O5S. The van der Waals surface area contributed by atoms with Crippen LogP contribution in [-0.4, -0.2) is 42.5 Å². The monoisotopic (exact) mass is 469 g/mol. The highest BCUT2D eigenvalue weighted by Gasteiger charge is 2.16. The van der Waals surface area contributed by atoms with E-state index in [9.17, 15) is 14.0 Å². The third kappa shape index (κ3) is 5.92. The van der Waals surface area contributed by atoms with E-state index in [1.54, 1.807) is 48.7 Å². The van der Waals surface area contributed by atoms with Gasteiger partial charge in [-0.05, 0) is 36.4 Å². The first-order chi connectivity index (χ1) is 16.1. The first kappa shape index (κ1) is 22.4. The number of para-hydroxylation sites is 1. The fraction of sp³-hybridized carbons (Fsp3) is 0.174. The van der Waals surface area contributed by atoms with Gasteiger partial charge in [-0.1, -0.05) is 23.9 Å². The summed E-state index contributed by atoms with van der Waals surface area (Å²) in [5.41, 5.74) is 0.919. The maximum atomic E-state index is 13.6. The van der Waals surface area contributed by atoms with Crippen LogP contribution in [0.2, 0.25) is 0 Å². The molecule has 0 unspecified atom stereocenters. The summed E-state index contributed by atoms with van der Waals surface area (Å²) in [5.74, 6) is 0.302. The molecule has 170 valence electrons. The summed E-state index contributed by atoms with van der Waals surface area (Å²) in [7, 11) is 0. The predicted molar refractivity (Wildman–Crippen MR) is 120 cm³/mol. The minimum absolute atomic E-state index is 0.0577. The summed E-state index contributed by atoms with van der Waals surface area (Å²) in [4.78, 5) is 29.1. The van der Waals surface area contributed by atoms with E-state index in [-0.39, 0.29) is 43.3 Å². The Labute approximate surface area is 193 Å². The molecule has 2 heterocycles. The summed E-state index contributed by atoms with van der Waals surface area (Å²) in [6.45, 7) is 0.437. The second-order valence-corrected chi connectivity index (χ2v) is 7.76. The van der Waals surface area contributed by atoms with Crippen LogP contribution in [0.25, 0.3) is 0 Å². The van der Waals surface area contributed by atoms with Gasteiger partial charge in [0.15, 0.2) is 23.1 Å². The third-order valence-electron chi connectivity index (χ3n) is 4.49. The van der Waals surface area contributed by atoms with Crippen LogP contribution < -0.4 is 24.8 Å². The van der Waals surface area contributed by atoms with Crippen molar-refractivity contribution in [3.8, 4) is 17.2 Å². The Balaban J connectivity index is 1.27. The van der Waals surface area contributed by atoms with E-state index < -0.39 is 5.82 Å². The van der Waals surface area contributed by atoms with E-state index >= 15 is 0 Å². The molecule has 3 aromatic rings. The van der Waals surface area contributed by atoms with E-state index in [4.69, 9.17) is 14.2 Å². The highest BCUT2D eigenvalue weighted by atomic mass is 32.2. The van der Waals surface area contributed by atoms with Gasteiger partial charge in [-0.15, -0.1) is 0 Å². The molecule has 0 atom stereocenters. The molecule has 2 N–H and O–H groups in total. The van der Waals surface area contributed by atoms with Crippen molar-refractivity contribution in [1.82, 2.24) is 10.3 Å². The standard InChI is InChI=1S/C23H20FN3O5S/c24-17-5-1-2-6-18(17)30-11-10-25-22(29)16-4-3-9-26-23(16)33-13-21(28)27-15-7-8-19-20(12-15)32-14-31-19/h1-9,12H,10-11,13-14H2,(H,25,29)(H,27,28). The average Bonchev–Trinajstić information content (AvgIpc) is 3.29. The van der Waals surface area contributed by atoms with E-state index in [0.29, 0.717) is 27.8 Å². The Hall–Kier alpha value is -3.79. The minimum atomic E-state index is -0.464. The number of hydrogen-bond donors (Lipinski definition) is 2. The zero-order chi connectivity index (χ0) is 23.0. The topological polar surface area (TPSA) is 98.8 Å². The van der Waals surface area contributed by atoms with Crippen molar-refractivity contribution in [2.24, 2.45) is 0 Å². The number of fused-ring (bicyclic) bond motifs is 1. The second-order valence-electron chi connectivity index (χ2n) is 6.80. The zero-order valence-electron chi connectivity index (χ0n) is 17.4. The van der Waals surface area contributed by atoms with E-state index in [1.165, 1.54) is 12.1 Å². The lowest BCUT2D eigenvalue weighted by molar-refractivity contribution is -0.113. The molecule has 0 saturated carbocycles. The smallest absolute Gasteiger partial charge is 0.254 e. The minimum Gasteiger partial charge on any atom is -0.489 e. The van der Waals surface area contributed by atoms with Gasteiger partial charge in [-0.25, -0.2) is 9.37 Å². The highest BCUT2D eigenvalue weighted by Crippen LogP contribution is 2.34. The summed E-state index contributed by atoms with van der Waals surface area (Å²) in [6.07, 6.45) is 1.55. The van der Waals surface area contributed by atoms with Crippen molar-refractivity contribution in [1.29, 1.82) is 0 Å². The zero-order valence-corrected chi connectivity index (χ0v) is 18.2. The van der Waals surface area contributed by atoms with Crippen molar-refractivity contribution in [2.75, 3.05) is 31.0 Å². The number of ether oxygens (including phenoxy) is 3. The van der Waals surface area contributed by atoms with Gasteiger partial charge in [-0.3, -0.25) is 9.59 Å². The molecule has 8 nitrogen and oxygen atoms in total. The molecule has 1 aliphatic heterocycles. The maximum absolute atomic E-state index is 13.6. The number of benzene rings is 2. The number of pyridine rings is 1. The number of rotatable bonds is 9. The molecule has 4 rings (SSSR count). The fourth-order valence-corrected chi connectivity index (χ4v) is 3.76. The number of carbonyl (C=O) groups excluding carboxylic acids is 2. The fourth-order valence-electron chi connectivity index (χ4n) is 2.97. The third-order valence-corrected chi connectivity index (χ3v) is 5.50. The molecule has 33 heavy (non-hydrogen) atoms. The molecule has 0 spiro atoms. The van der Waals surface area contributed by atoms with Crippen molar-refractivity contribution in [3.63, 3.8) is 0 Å². The van der Waals surface area contributed by atoms with Gasteiger partial charge >= 0.3 is 0 Å². The molecule has 0 bridgehead atoms. The van der Waals surface area contributed by atoms with Crippen LogP contribution in [0.4, 0.5) is 10.1 Å². The largest absolute Gasteiger partial charge is 0.489 e. The Bertz CT molecular complexity index is 1160. The number of anilines is 1. The van der Waals surface area contributed by atoms with Gasteiger partial charge in [0.2, 0.25) is 12.7 Å². The lowest BCUT2D eigenvalue weighted by Crippen LogP contribution is -2.28. The molecule has 0 aliphatic carbocycles. The van der Waals surface area contributed by atoms with Gasteiger partial charge < -0.3 is 24.8 Å². The van der Waals surface area contributed by atoms with Crippen LogP contribution in [0.3, 0.4) is 0 Å². The Morgan fingerprint density at radius 2 is 1.94 bits per heavy atom. The summed E-state index contributed by atoms with van der Waals surface area (Å²) < 4.78 is 29.5. The molecule has 10 heteroatoms. The van der Waals surface area contributed by atoms with Crippen molar-refractivity contribution >= 4 is 29.3 Å². The van der Waals surface area contributed by atoms with Crippen LogP contribution in [-0.2, 0) is 4.79 Å². The molecule has 0 saturated heterocycles. The van der Waals surface area contributed by atoms with Gasteiger partial charge in [-0.2, -0.15) is 0 Å². The van der Waals surface area contributed by atoms with Crippen molar-refractivity contribution in [3.05, 3.63) is 72.2 Å². The van der Waals surface area contributed by atoms with E-state index in [0.717, 1.165) is 11.8 Å². The highest BCUT2D eigenvalue weighted by molar-refractivity contribution is 8.00. The molecule has 2 amide bonds. The van der Waals surface area contributed by atoms with Crippen LogP contribution in [0.1, 0.15) is 10.4 Å². The van der Waals surface area contributed by atoms with Gasteiger partial charge in [0.1, 0.15) is 11.6 Å².